The Hall–Kier alpha value is -1.06. The molecule has 0 amide bonds. The van der Waals surface area contributed by atoms with Crippen LogP contribution in [0.15, 0.2) is 24.3 Å². The van der Waals surface area contributed by atoms with Crippen LogP contribution < -0.4 is 10.5 Å². The molecule has 1 aromatic carbocycles. The van der Waals surface area contributed by atoms with E-state index in [2.05, 4.69) is 6.92 Å². The number of ether oxygens (including phenoxy) is 2. The highest BCUT2D eigenvalue weighted by atomic mass is 16.5. The van der Waals surface area contributed by atoms with Gasteiger partial charge < -0.3 is 15.2 Å². The minimum absolute atomic E-state index is 0.248. The Morgan fingerprint density at radius 2 is 2.00 bits per heavy atom. The van der Waals surface area contributed by atoms with Crippen molar-refractivity contribution in [1.29, 1.82) is 0 Å². The summed E-state index contributed by atoms with van der Waals surface area (Å²) in [6.07, 6.45) is 0.902. The summed E-state index contributed by atoms with van der Waals surface area (Å²) in [4.78, 5) is 0. The minimum Gasteiger partial charge on any atom is -0.496 e. The second-order valence-electron chi connectivity index (χ2n) is 4.31. The molecule has 2 N–H and O–H groups in total. The van der Waals surface area contributed by atoms with Gasteiger partial charge in [-0.1, -0.05) is 25.1 Å². The lowest BCUT2D eigenvalue weighted by Gasteiger charge is -2.22. The Balaban J connectivity index is 2.49. The van der Waals surface area contributed by atoms with Crippen LogP contribution in [0.4, 0.5) is 0 Å². The number of hydrogen-bond acceptors (Lipinski definition) is 3. The average molecular weight is 223 g/mol. The first-order valence-corrected chi connectivity index (χ1v) is 5.57. The van der Waals surface area contributed by atoms with Gasteiger partial charge in [0.25, 0.3) is 0 Å². The van der Waals surface area contributed by atoms with E-state index in [4.69, 9.17) is 15.2 Å². The van der Waals surface area contributed by atoms with E-state index in [1.807, 2.05) is 31.2 Å². The van der Waals surface area contributed by atoms with Crippen LogP contribution in [0.5, 0.6) is 5.75 Å². The third-order valence-electron chi connectivity index (χ3n) is 2.69. The monoisotopic (exact) mass is 223 g/mol. The van der Waals surface area contributed by atoms with Crippen molar-refractivity contribution in [3.05, 3.63) is 29.8 Å². The number of rotatable bonds is 6. The van der Waals surface area contributed by atoms with E-state index < -0.39 is 0 Å². The summed E-state index contributed by atoms with van der Waals surface area (Å²) in [6, 6.07) is 7.85. The van der Waals surface area contributed by atoms with E-state index in [-0.39, 0.29) is 5.54 Å². The van der Waals surface area contributed by atoms with Crippen molar-refractivity contribution in [1.82, 2.24) is 0 Å². The van der Waals surface area contributed by atoms with E-state index >= 15 is 0 Å². The summed E-state index contributed by atoms with van der Waals surface area (Å²) >= 11 is 0. The van der Waals surface area contributed by atoms with Crippen LogP contribution in [0.25, 0.3) is 0 Å². The van der Waals surface area contributed by atoms with Crippen LogP contribution in [-0.2, 0) is 11.3 Å². The van der Waals surface area contributed by atoms with Crippen LogP contribution in [-0.4, -0.2) is 19.3 Å². The molecule has 0 fully saturated rings. The van der Waals surface area contributed by atoms with Gasteiger partial charge in [-0.3, -0.25) is 0 Å². The summed E-state index contributed by atoms with van der Waals surface area (Å²) in [7, 11) is 1.66. The topological polar surface area (TPSA) is 44.5 Å². The van der Waals surface area contributed by atoms with E-state index in [1.165, 1.54) is 0 Å². The standard InChI is InChI=1S/C13H21NO2/c1-4-13(2,14)10-16-9-11-7-5-6-8-12(11)15-3/h5-8H,4,9-10,14H2,1-3H3. The Bertz CT molecular complexity index is 323. The largest absolute Gasteiger partial charge is 0.496 e. The highest BCUT2D eigenvalue weighted by Crippen LogP contribution is 2.18. The molecule has 3 heteroatoms. The molecule has 0 aromatic heterocycles. The molecule has 16 heavy (non-hydrogen) atoms. The molecule has 1 unspecified atom stereocenters. The summed E-state index contributed by atoms with van der Waals surface area (Å²) < 4.78 is 10.9. The van der Waals surface area contributed by atoms with Gasteiger partial charge in [-0.15, -0.1) is 0 Å². The van der Waals surface area contributed by atoms with Gasteiger partial charge in [-0.2, -0.15) is 0 Å². The van der Waals surface area contributed by atoms with Crippen molar-refractivity contribution < 1.29 is 9.47 Å². The fourth-order valence-corrected chi connectivity index (χ4v) is 1.32. The van der Waals surface area contributed by atoms with Gasteiger partial charge in [0, 0.05) is 11.1 Å². The summed E-state index contributed by atoms with van der Waals surface area (Å²) in [5.74, 6) is 0.859. The Labute approximate surface area is 97.6 Å². The van der Waals surface area contributed by atoms with E-state index in [9.17, 15) is 0 Å². The molecule has 0 heterocycles. The second-order valence-corrected chi connectivity index (χ2v) is 4.31. The molecule has 0 radical (unpaired) electrons. The van der Waals surface area contributed by atoms with Crippen molar-refractivity contribution in [2.75, 3.05) is 13.7 Å². The molecule has 0 bridgehead atoms. The third kappa shape index (κ3) is 3.83. The first-order chi connectivity index (χ1) is 7.59. The van der Waals surface area contributed by atoms with Gasteiger partial charge in [0.15, 0.2) is 0 Å². The lowest BCUT2D eigenvalue weighted by atomic mass is 10.0. The van der Waals surface area contributed by atoms with Crippen LogP contribution >= 0.6 is 0 Å². The van der Waals surface area contributed by atoms with Crippen molar-refractivity contribution in [2.24, 2.45) is 5.73 Å². The van der Waals surface area contributed by atoms with Crippen molar-refractivity contribution in [3.63, 3.8) is 0 Å². The van der Waals surface area contributed by atoms with Gasteiger partial charge in [0.05, 0.1) is 20.3 Å². The molecule has 90 valence electrons. The Morgan fingerprint density at radius 3 is 2.62 bits per heavy atom. The van der Waals surface area contributed by atoms with Crippen molar-refractivity contribution in [2.45, 2.75) is 32.4 Å². The van der Waals surface area contributed by atoms with E-state index in [0.29, 0.717) is 13.2 Å². The predicted molar refractivity (Wildman–Crippen MR) is 65.5 cm³/mol. The fourth-order valence-electron chi connectivity index (χ4n) is 1.32. The zero-order valence-electron chi connectivity index (χ0n) is 10.3. The number of para-hydroxylation sites is 1. The molecule has 0 aliphatic rings. The molecule has 0 saturated heterocycles. The molecular weight excluding hydrogens is 202 g/mol. The molecule has 1 atom stereocenters. The molecule has 0 saturated carbocycles. The van der Waals surface area contributed by atoms with Gasteiger partial charge in [0.2, 0.25) is 0 Å². The Kier molecular flexibility index (Phi) is 4.77. The van der Waals surface area contributed by atoms with Crippen LogP contribution in [0.1, 0.15) is 25.8 Å². The quantitative estimate of drug-likeness (QED) is 0.805. The first kappa shape index (κ1) is 13.0. The van der Waals surface area contributed by atoms with Gasteiger partial charge in [0.1, 0.15) is 5.75 Å². The number of methoxy groups -OCH3 is 1. The summed E-state index contributed by atoms with van der Waals surface area (Å²) in [5.41, 5.74) is 6.80. The van der Waals surface area contributed by atoms with Crippen molar-refractivity contribution >= 4 is 0 Å². The van der Waals surface area contributed by atoms with Gasteiger partial charge in [-0.25, -0.2) is 0 Å². The zero-order valence-corrected chi connectivity index (χ0v) is 10.3. The SMILES string of the molecule is CCC(C)(N)COCc1ccccc1OC. The molecule has 1 aromatic rings. The first-order valence-electron chi connectivity index (χ1n) is 5.57. The van der Waals surface area contributed by atoms with Gasteiger partial charge >= 0.3 is 0 Å². The molecule has 0 spiro atoms. The number of hydrogen-bond donors (Lipinski definition) is 1. The van der Waals surface area contributed by atoms with E-state index in [1.54, 1.807) is 7.11 Å². The van der Waals surface area contributed by atoms with Crippen LogP contribution in [0.2, 0.25) is 0 Å². The average Bonchev–Trinajstić information content (AvgIpc) is 2.29. The molecule has 0 aliphatic carbocycles. The Morgan fingerprint density at radius 1 is 1.31 bits per heavy atom. The number of benzene rings is 1. The highest BCUT2D eigenvalue weighted by molar-refractivity contribution is 5.32. The number of nitrogens with two attached hydrogens (primary N) is 1. The second kappa shape index (κ2) is 5.87. The molecule has 3 nitrogen and oxygen atoms in total. The van der Waals surface area contributed by atoms with Gasteiger partial charge in [-0.05, 0) is 19.4 Å². The van der Waals surface area contributed by atoms with Crippen LogP contribution in [0, 0.1) is 0 Å². The molecule has 0 aliphatic heterocycles. The minimum atomic E-state index is -0.248. The normalized spacial score (nSPS) is 14.5. The predicted octanol–water partition coefficient (Wildman–Crippen LogP) is 2.34. The highest BCUT2D eigenvalue weighted by Gasteiger charge is 2.15. The molecule has 1 rings (SSSR count). The van der Waals surface area contributed by atoms with Crippen LogP contribution in [0.3, 0.4) is 0 Å². The van der Waals surface area contributed by atoms with E-state index in [0.717, 1.165) is 17.7 Å². The zero-order chi connectivity index (χ0) is 12.0. The smallest absolute Gasteiger partial charge is 0.124 e. The maximum atomic E-state index is 5.99. The lowest BCUT2D eigenvalue weighted by molar-refractivity contribution is 0.0765. The maximum absolute atomic E-state index is 5.99. The lowest BCUT2D eigenvalue weighted by Crippen LogP contribution is -2.40. The fraction of sp³-hybridized carbons (Fsp3) is 0.538. The third-order valence-corrected chi connectivity index (χ3v) is 2.69. The molecular formula is C13H21NO2. The van der Waals surface area contributed by atoms with Crippen molar-refractivity contribution in [3.8, 4) is 5.75 Å². The summed E-state index contributed by atoms with van der Waals surface area (Å²) in [5, 5.41) is 0. The maximum Gasteiger partial charge on any atom is 0.124 e. The summed E-state index contributed by atoms with van der Waals surface area (Å²) in [6.45, 7) is 5.15.